The molecule has 3 heterocycles. The normalized spacial score (nSPS) is 26.9. The van der Waals surface area contributed by atoms with E-state index in [9.17, 15) is 4.39 Å². The van der Waals surface area contributed by atoms with Crippen LogP contribution < -0.4 is 4.90 Å². The Morgan fingerprint density at radius 3 is 2.86 bits per heavy atom. The van der Waals surface area contributed by atoms with E-state index in [-0.39, 0.29) is 0 Å². The molecule has 0 saturated carbocycles. The van der Waals surface area contributed by atoms with Gasteiger partial charge in [0.05, 0.1) is 38.8 Å². The van der Waals surface area contributed by atoms with Gasteiger partial charge in [0.1, 0.15) is 5.60 Å². The summed E-state index contributed by atoms with van der Waals surface area (Å²) in [5.74, 6) is 0.102. The lowest BCUT2D eigenvalue weighted by molar-refractivity contribution is -0.0992. The van der Waals surface area contributed by atoms with Crippen molar-refractivity contribution >= 4 is 5.95 Å². The van der Waals surface area contributed by atoms with E-state index >= 15 is 0 Å². The molecular weight excluding hydrogens is 287 g/mol. The largest absolute Gasteiger partial charge is 0.377 e. The Bertz CT molecular complexity index is 513. The molecule has 1 atom stereocenters. The Morgan fingerprint density at radius 1 is 1.27 bits per heavy atom. The van der Waals surface area contributed by atoms with E-state index < -0.39 is 11.4 Å². The Kier molecular flexibility index (Phi) is 4.66. The van der Waals surface area contributed by atoms with E-state index in [1.807, 2.05) is 11.0 Å². The SMILES string of the molecule is C=CCN1CCOC[C@]2(C1)CN(c1ncc(F)cn1)CCO2. The van der Waals surface area contributed by atoms with Crippen LogP contribution in [0.4, 0.5) is 10.3 Å². The Balaban J connectivity index is 1.75. The minimum absolute atomic E-state index is 0.407. The maximum absolute atomic E-state index is 13.0. The van der Waals surface area contributed by atoms with Gasteiger partial charge in [-0.05, 0) is 0 Å². The molecule has 1 aromatic rings. The molecular formula is C15H21FN4O2. The van der Waals surface area contributed by atoms with Crippen molar-refractivity contribution in [1.82, 2.24) is 14.9 Å². The molecule has 2 aliphatic heterocycles. The lowest BCUT2D eigenvalue weighted by Crippen LogP contribution is -2.59. The second-order valence-electron chi connectivity index (χ2n) is 5.73. The van der Waals surface area contributed by atoms with Gasteiger partial charge in [-0.15, -0.1) is 6.58 Å². The second kappa shape index (κ2) is 6.68. The van der Waals surface area contributed by atoms with Crippen LogP contribution in [0, 0.1) is 5.82 Å². The molecule has 6 nitrogen and oxygen atoms in total. The molecule has 2 aliphatic rings. The van der Waals surface area contributed by atoms with E-state index in [1.54, 1.807) is 0 Å². The first-order valence-electron chi connectivity index (χ1n) is 7.48. The molecule has 1 aromatic heterocycles. The maximum Gasteiger partial charge on any atom is 0.225 e. The molecule has 2 saturated heterocycles. The third-order valence-electron chi connectivity index (χ3n) is 3.95. The number of morpholine rings is 1. The average molecular weight is 308 g/mol. The fourth-order valence-corrected chi connectivity index (χ4v) is 2.99. The van der Waals surface area contributed by atoms with Gasteiger partial charge in [-0.3, -0.25) is 4.90 Å². The number of rotatable bonds is 3. The zero-order chi connectivity index (χ0) is 15.4. The summed E-state index contributed by atoms with van der Waals surface area (Å²) in [6.45, 7) is 9.37. The summed E-state index contributed by atoms with van der Waals surface area (Å²) in [5.41, 5.74) is -0.407. The molecule has 7 heteroatoms. The van der Waals surface area contributed by atoms with Crippen molar-refractivity contribution in [3.8, 4) is 0 Å². The zero-order valence-electron chi connectivity index (χ0n) is 12.6. The molecule has 0 amide bonds. The van der Waals surface area contributed by atoms with Crippen LogP contribution in [0.5, 0.6) is 0 Å². The van der Waals surface area contributed by atoms with Crippen molar-refractivity contribution in [3.63, 3.8) is 0 Å². The number of hydrogen-bond acceptors (Lipinski definition) is 6. The number of ether oxygens (including phenoxy) is 2. The smallest absolute Gasteiger partial charge is 0.225 e. The quantitative estimate of drug-likeness (QED) is 0.767. The van der Waals surface area contributed by atoms with Crippen molar-refractivity contribution in [2.45, 2.75) is 5.60 Å². The van der Waals surface area contributed by atoms with Crippen LogP contribution >= 0.6 is 0 Å². The number of hydrogen-bond donors (Lipinski definition) is 0. The van der Waals surface area contributed by atoms with Gasteiger partial charge in [0, 0.05) is 26.2 Å². The van der Waals surface area contributed by atoms with Crippen LogP contribution in [-0.2, 0) is 9.47 Å². The summed E-state index contributed by atoms with van der Waals surface area (Å²) in [4.78, 5) is 12.4. The topological polar surface area (TPSA) is 50.7 Å². The van der Waals surface area contributed by atoms with Gasteiger partial charge in [-0.2, -0.15) is 0 Å². The minimum atomic E-state index is -0.429. The van der Waals surface area contributed by atoms with Gasteiger partial charge in [0.25, 0.3) is 0 Å². The molecule has 22 heavy (non-hydrogen) atoms. The van der Waals surface area contributed by atoms with Gasteiger partial charge >= 0.3 is 0 Å². The first-order valence-corrected chi connectivity index (χ1v) is 7.48. The highest BCUT2D eigenvalue weighted by molar-refractivity contribution is 5.31. The predicted octanol–water partition coefficient (Wildman–Crippen LogP) is 0.709. The molecule has 0 N–H and O–H groups in total. The van der Waals surface area contributed by atoms with E-state index in [4.69, 9.17) is 9.47 Å². The highest BCUT2D eigenvalue weighted by atomic mass is 19.1. The van der Waals surface area contributed by atoms with E-state index in [2.05, 4.69) is 21.4 Å². The van der Waals surface area contributed by atoms with Gasteiger partial charge in [-0.25, -0.2) is 14.4 Å². The Morgan fingerprint density at radius 2 is 2.09 bits per heavy atom. The first kappa shape index (κ1) is 15.3. The molecule has 120 valence electrons. The first-order chi connectivity index (χ1) is 10.7. The van der Waals surface area contributed by atoms with Crippen LogP contribution in [0.25, 0.3) is 0 Å². The van der Waals surface area contributed by atoms with Gasteiger partial charge in [0.15, 0.2) is 5.82 Å². The summed E-state index contributed by atoms with van der Waals surface area (Å²) in [6.07, 6.45) is 4.28. The fraction of sp³-hybridized carbons (Fsp3) is 0.600. The number of anilines is 1. The summed E-state index contributed by atoms with van der Waals surface area (Å²) >= 11 is 0. The zero-order valence-corrected chi connectivity index (χ0v) is 12.6. The third kappa shape index (κ3) is 3.43. The second-order valence-corrected chi connectivity index (χ2v) is 5.73. The standard InChI is InChI=1S/C15H21FN4O2/c1-2-3-19-4-6-21-12-15(10-19)11-20(5-7-22-15)14-17-8-13(16)9-18-14/h2,8-9H,1,3-7,10-12H2/t15-/m0/s1. The van der Waals surface area contributed by atoms with Crippen LogP contribution in [0.3, 0.4) is 0 Å². The van der Waals surface area contributed by atoms with Crippen molar-refractivity contribution in [3.05, 3.63) is 30.9 Å². The van der Waals surface area contributed by atoms with E-state index in [1.165, 1.54) is 12.4 Å². The van der Waals surface area contributed by atoms with Crippen LogP contribution in [0.1, 0.15) is 0 Å². The highest BCUT2D eigenvalue weighted by Gasteiger charge is 2.40. The van der Waals surface area contributed by atoms with Crippen molar-refractivity contribution < 1.29 is 13.9 Å². The third-order valence-corrected chi connectivity index (χ3v) is 3.95. The number of halogens is 1. The monoisotopic (exact) mass is 308 g/mol. The van der Waals surface area contributed by atoms with Crippen molar-refractivity contribution in [1.29, 1.82) is 0 Å². The van der Waals surface area contributed by atoms with E-state index in [0.717, 1.165) is 19.6 Å². The molecule has 0 aromatic carbocycles. The predicted molar refractivity (Wildman–Crippen MR) is 80.3 cm³/mol. The Labute approximate surface area is 129 Å². The van der Waals surface area contributed by atoms with Gasteiger partial charge in [-0.1, -0.05) is 6.08 Å². The molecule has 3 rings (SSSR count). The van der Waals surface area contributed by atoms with Crippen molar-refractivity contribution in [2.24, 2.45) is 0 Å². The van der Waals surface area contributed by atoms with Gasteiger partial charge in [0.2, 0.25) is 5.95 Å². The molecule has 1 spiro atoms. The van der Waals surface area contributed by atoms with Crippen LogP contribution in [0.2, 0.25) is 0 Å². The van der Waals surface area contributed by atoms with Crippen molar-refractivity contribution in [2.75, 3.05) is 57.4 Å². The van der Waals surface area contributed by atoms with Crippen LogP contribution in [0.15, 0.2) is 25.0 Å². The van der Waals surface area contributed by atoms with E-state index in [0.29, 0.717) is 38.9 Å². The average Bonchev–Trinajstić information content (AvgIpc) is 2.71. The summed E-state index contributed by atoms with van der Waals surface area (Å²) in [6, 6.07) is 0. The molecule has 2 fully saturated rings. The summed E-state index contributed by atoms with van der Waals surface area (Å²) in [7, 11) is 0. The summed E-state index contributed by atoms with van der Waals surface area (Å²) in [5, 5.41) is 0. The number of aromatic nitrogens is 2. The minimum Gasteiger partial charge on any atom is -0.377 e. The lowest BCUT2D eigenvalue weighted by atomic mass is 10.0. The lowest BCUT2D eigenvalue weighted by Gasteiger charge is -2.43. The molecule has 0 radical (unpaired) electrons. The molecule has 0 aliphatic carbocycles. The fourth-order valence-electron chi connectivity index (χ4n) is 2.99. The van der Waals surface area contributed by atoms with Crippen LogP contribution in [-0.4, -0.2) is 73.0 Å². The van der Waals surface area contributed by atoms with Gasteiger partial charge < -0.3 is 14.4 Å². The maximum atomic E-state index is 13.0. The highest BCUT2D eigenvalue weighted by Crippen LogP contribution is 2.24. The molecule has 0 unspecified atom stereocenters. The summed E-state index contributed by atoms with van der Waals surface area (Å²) < 4.78 is 24.8. The Hall–Kier alpha value is -1.57. The molecule has 0 bridgehead atoms. The number of nitrogens with zero attached hydrogens (tertiary/aromatic N) is 4.